The van der Waals surface area contributed by atoms with Gasteiger partial charge in [-0.25, -0.2) is 14.8 Å². The summed E-state index contributed by atoms with van der Waals surface area (Å²) in [5.41, 5.74) is 9.63. The number of fused-ring (bicyclic) bond motifs is 4. The van der Waals surface area contributed by atoms with Gasteiger partial charge in [0, 0.05) is 30.5 Å². The Balaban J connectivity index is 0.985. The maximum absolute atomic E-state index is 13.7. The summed E-state index contributed by atoms with van der Waals surface area (Å²) in [5, 5.41) is 4.95. The van der Waals surface area contributed by atoms with E-state index in [1.165, 1.54) is 47.8 Å². The number of hydrogen-bond donors (Lipinski definition) is 3. The molecule has 2 aliphatic carbocycles. The number of likely N-dealkylation sites (tertiary alicyclic amines) is 2. The molecule has 3 N–H and O–H groups in total. The molecule has 2 saturated heterocycles. The van der Waals surface area contributed by atoms with E-state index in [0.717, 1.165) is 84.2 Å². The predicted octanol–water partition coefficient (Wildman–Crippen LogP) is 8.41. The van der Waals surface area contributed by atoms with Crippen LogP contribution in [0, 0.1) is 17.3 Å². The predicted molar refractivity (Wildman–Crippen MR) is 217 cm³/mol. The number of H-pyrrole nitrogens is 2. The highest BCUT2D eigenvalue weighted by Crippen LogP contribution is 2.58. The third-order valence-corrected chi connectivity index (χ3v) is 12.9. The third-order valence-electron chi connectivity index (χ3n) is 12.9. The van der Waals surface area contributed by atoms with E-state index in [1.54, 1.807) is 0 Å². The van der Waals surface area contributed by atoms with Crippen LogP contribution in [0.5, 0.6) is 0 Å². The molecule has 0 radical (unpaired) electrons. The minimum absolute atomic E-state index is 0.0204. The average Bonchev–Trinajstić information content (AvgIpc) is 3.84. The molecule has 5 aromatic rings. The van der Waals surface area contributed by atoms with Crippen LogP contribution in [0.2, 0.25) is 0 Å². The normalized spacial score (nSPS) is 20.5. The lowest BCUT2D eigenvalue weighted by molar-refractivity contribution is -0.135. The number of imidazole rings is 2. The monoisotopic (exact) mass is 755 g/mol. The highest BCUT2D eigenvalue weighted by Gasteiger charge is 2.54. The van der Waals surface area contributed by atoms with Gasteiger partial charge in [0.1, 0.15) is 17.7 Å². The van der Waals surface area contributed by atoms with E-state index in [2.05, 4.69) is 76.5 Å². The molecule has 2 aliphatic heterocycles. The Kier molecular flexibility index (Phi) is 9.16. The van der Waals surface area contributed by atoms with Crippen molar-refractivity contribution in [2.45, 2.75) is 104 Å². The number of benzene rings is 3. The molecule has 9 rings (SSSR count). The van der Waals surface area contributed by atoms with Gasteiger partial charge in [0.15, 0.2) is 0 Å². The lowest BCUT2D eigenvalue weighted by atomic mass is 9.91. The Morgan fingerprint density at radius 2 is 1.71 bits per heavy atom. The zero-order valence-electron chi connectivity index (χ0n) is 33.2. The lowest BCUT2D eigenvalue weighted by Crippen LogP contribution is -2.51. The zero-order valence-corrected chi connectivity index (χ0v) is 33.2. The number of hydrogen-bond acceptors (Lipinski definition) is 6. The number of carbonyl (C=O) groups is 3. The summed E-state index contributed by atoms with van der Waals surface area (Å²) in [4.78, 5) is 60.3. The van der Waals surface area contributed by atoms with Gasteiger partial charge in [0.25, 0.3) is 0 Å². The first-order valence-corrected chi connectivity index (χ1v) is 20.6. The second-order valence-electron chi connectivity index (χ2n) is 17.6. The molecular formula is C45H53N7O4. The molecule has 1 unspecified atom stereocenters. The summed E-state index contributed by atoms with van der Waals surface area (Å²) in [6, 6.07) is 14.6. The summed E-state index contributed by atoms with van der Waals surface area (Å²) in [7, 11) is 1.31. The standard InChI is InChI=1S/C45H53N7O4/c1-25(2)20-38(53)52-24-45(17-18-45)22-37(52)41-46-23-35(48-41)33-15-14-29(31-8-6-9-32(31)33)27-11-13-30-28(21-27)12-16-34-40(30)49-42(47-34)36-10-7-19-51(36)43(54)39(26(3)4)50-44(55)56-5/h11-16,21,23,25-26,36-37,39H,6-10,17-20,22,24H2,1-5H3,(H,46,48)(H,47,49)(H,50,55)/t36-,37-,39?/m0/s1. The van der Waals surface area contributed by atoms with E-state index in [4.69, 9.17) is 14.7 Å². The fourth-order valence-electron chi connectivity index (χ4n) is 9.79. The van der Waals surface area contributed by atoms with Crippen molar-refractivity contribution in [1.82, 2.24) is 35.1 Å². The number of alkyl carbamates (subject to hydrolysis) is 1. The molecule has 292 valence electrons. The Labute approximate surface area is 328 Å². The molecule has 1 spiro atoms. The van der Waals surface area contributed by atoms with Crippen LogP contribution in [0.15, 0.2) is 48.7 Å². The molecule has 3 aromatic carbocycles. The first-order chi connectivity index (χ1) is 27.0. The summed E-state index contributed by atoms with van der Waals surface area (Å²) in [5.74, 6) is 2.07. The SMILES string of the molecule is COC(=O)NC(C(=O)N1CCC[C@H]1c1nc2ccc3cc(-c4ccc(-c5cnc([C@@H]6CC7(CC7)CN6C(=O)CC(C)C)[nH]5)c5c4CCC5)ccc3c2[nH]1)C(C)C. The number of aromatic amines is 2. The largest absolute Gasteiger partial charge is 0.453 e. The van der Waals surface area contributed by atoms with Crippen LogP contribution >= 0.6 is 0 Å². The number of ether oxygens (including phenoxy) is 1. The van der Waals surface area contributed by atoms with Gasteiger partial charge in [-0.15, -0.1) is 0 Å². The minimum atomic E-state index is -0.678. The molecule has 0 bridgehead atoms. The van der Waals surface area contributed by atoms with E-state index < -0.39 is 12.1 Å². The van der Waals surface area contributed by atoms with Crippen molar-refractivity contribution in [2.75, 3.05) is 20.2 Å². The van der Waals surface area contributed by atoms with E-state index in [0.29, 0.717) is 24.3 Å². The Hall–Kier alpha value is -5.19. The van der Waals surface area contributed by atoms with Crippen LogP contribution in [0.1, 0.15) is 108 Å². The summed E-state index contributed by atoms with van der Waals surface area (Å²) < 4.78 is 4.81. The van der Waals surface area contributed by atoms with Crippen LogP contribution in [0.3, 0.4) is 0 Å². The highest BCUT2D eigenvalue weighted by molar-refractivity contribution is 6.05. The summed E-state index contributed by atoms with van der Waals surface area (Å²) in [6.45, 7) is 9.55. The van der Waals surface area contributed by atoms with Gasteiger partial charge < -0.3 is 29.8 Å². The molecule has 11 heteroatoms. The van der Waals surface area contributed by atoms with E-state index in [1.807, 2.05) is 24.9 Å². The Morgan fingerprint density at radius 3 is 2.46 bits per heavy atom. The number of carbonyl (C=O) groups excluding carboxylic acids is 3. The first kappa shape index (κ1) is 36.4. The number of methoxy groups -OCH3 is 1. The summed E-state index contributed by atoms with van der Waals surface area (Å²) in [6.07, 6.45) is 10.2. The molecule has 3 amide bonds. The molecule has 11 nitrogen and oxygen atoms in total. The number of aromatic nitrogens is 4. The minimum Gasteiger partial charge on any atom is -0.453 e. The first-order valence-electron chi connectivity index (χ1n) is 20.6. The second-order valence-corrected chi connectivity index (χ2v) is 17.6. The van der Waals surface area contributed by atoms with Crippen LogP contribution in [0.4, 0.5) is 4.79 Å². The van der Waals surface area contributed by atoms with Crippen molar-refractivity contribution in [2.24, 2.45) is 17.3 Å². The molecule has 4 aliphatic rings. The number of nitrogens with one attached hydrogen (secondary N) is 3. The number of nitrogens with zero attached hydrogens (tertiary/aromatic N) is 4. The molecule has 4 heterocycles. The van der Waals surface area contributed by atoms with E-state index in [-0.39, 0.29) is 29.8 Å². The number of rotatable bonds is 9. The van der Waals surface area contributed by atoms with Crippen LogP contribution in [0.25, 0.3) is 44.2 Å². The maximum atomic E-state index is 13.7. The van der Waals surface area contributed by atoms with E-state index >= 15 is 0 Å². The summed E-state index contributed by atoms with van der Waals surface area (Å²) >= 11 is 0. The molecular weight excluding hydrogens is 703 g/mol. The van der Waals surface area contributed by atoms with Crippen LogP contribution < -0.4 is 5.32 Å². The van der Waals surface area contributed by atoms with Crippen molar-refractivity contribution in [3.05, 3.63) is 71.4 Å². The van der Waals surface area contributed by atoms with Gasteiger partial charge in [-0.3, -0.25) is 9.59 Å². The highest BCUT2D eigenvalue weighted by atomic mass is 16.5. The zero-order chi connectivity index (χ0) is 38.9. The van der Waals surface area contributed by atoms with Crippen LogP contribution in [-0.2, 0) is 27.2 Å². The molecule has 56 heavy (non-hydrogen) atoms. The molecule has 3 fully saturated rings. The van der Waals surface area contributed by atoms with Gasteiger partial charge in [0.2, 0.25) is 11.8 Å². The van der Waals surface area contributed by atoms with Gasteiger partial charge in [-0.2, -0.15) is 0 Å². The Morgan fingerprint density at radius 1 is 0.929 bits per heavy atom. The lowest BCUT2D eigenvalue weighted by Gasteiger charge is -2.29. The third kappa shape index (κ3) is 6.42. The van der Waals surface area contributed by atoms with Gasteiger partial charge in [-0.1, -0.05) is 58.0 Å². The van der Waals surface area contributed by atoms with Crippen molar-refractivity contribution >= 4 is 39.7 Å². The maximum Gasteiger partial charge on any atom is 0.407 e. The van der Waals surface area contributed by atoms with Crippen molar-refractivity contribution in [1.29, 1.82) is 0 Å². The fraction of sp³-hybridized carbons (Fsp3) is 0.489. The fourth-order valence-corrected chi connectivity index (χ4v) is 9.79. The van der Waals surface area contributed by atoms with Gasteiger partial charge in [-0.05, 0) is 108 Å². The van der Waals surface area contributed by atoms with Crippen molar-refractivity contribution in [3.63, 3.8) is 0 Å². The average molecular weight is 756 g/mol. The Bertz CT molecular complexity index is 2350. The number of amides is 3. The van der Waals surface area contributed by atoms with Crippen molar-refractivity contribution < 1.29 is 19.1 Å². The van der Waals surface area contributed by atoms with E-state index in [9.17, 15) is 14.4 Å². The van der Waals surface area contributed by atoms with Crippen molar-refractivity contribution in [3.8, 4) is 22.4 Å². The molecule has 2 aromatic heterocycles. The second kappa shape index (κ2) is 14.1. The quantitative estimate of drug-likeness (QED) is 0.138. The van der Waals surface area contributed by atoms with Crippen LogP contribution in [-0.4, -0.2) is 73.9 Å². The molecule has 3 atom stereocenters. The van der Waals surface area contributed by atoms with Gasteiger partial charge >= 0.3 is 6.09 Å². The molecule has 1 saturated carbocycles. The van der Waals surface area contributed by atoms with Gasteiger partial charge in [0.05, 0.1) is 42.1 Å². The smallest absolute Gasteiger partial charge is 0.407 e. The topological polar surface area (TPSA) is 136 Å².